The van der Waals surface area contributed by atoms with Crippen molar-refractivity contribution in [3.8, 4) is 0 Å². The molecule has 4 heteroatoms. The number of hydrogen-bond acceptors (Lipinski definition) is 2. The minimum Gasteiger partial charge on any atom is -0.336 e. The molecule has 1 N–H and O–H groups in total. The maximum Gasteiger partial charge on any atom is 0.254 e. The Labute approximate surface area is 139 Å². The van der Waals surface area contributed by atoms with Crippen molar-refractivity contribution in [2.75, 3.05) is 11.9 Å². The lowest BCUT2D eigenvalue weighted by molar-refractivity contribution is -0.123. The topological polar surface area (TPSA) is 49.4 Å². The molecule has 1 aliphatic heterocycles. The number of carbonyl (C=O) groups excluding carboxylic acids is 2. The molecule has 1 saturated heterocycles. The summed E-state index contributed by atoms with van der Waals surface area (Å²) in [6.07, 6.45) is 3.35. The van der Waals surface area contributed by atoms with E-state index < -0.39 is 5.41 Å². The second kappa shape index (κ2) is 6.73. The normalized spacial score (nSPS) is 18.7. The first-order chi connectivity index (χ1) is 10.7. The fourth-order valence-corrected chi connectivity index (χ4v) is 2.81. The lowest BCUT2D eigenvalue weighted by Gasteiger charge is -2.33. The van der Waals surface area contributed by atoms with E-state index in [0.29, 0.717) is 11.6 Å². The summed E-state index contributed by atoms with van der Waals surface area (Å²) in [6, 6.07) is 5.83. The van der Waals surface area contributed by atoms with Crippen LogP contribution >= 0.6 is 0 Å². The van der Waals surface area contributed by atoms with Crippen molar-refractivity contribution in [3.63, 3.8) is 0 Å². The average Bonchev–Trinajstić information content (AvgIpc) is 2.48. The molecule has 23 heavy (non-hydrogen) atoms. The zero-order valence-electron chi connectivity index (χ0n) is 14.9. The first-order valence-electron chi connectivity index (χ1n) is 8.43. The highest BCUT2D eigenvalue weighted by Gasteiger charge is 2.25. The molecule has 1 aromatic carbocycles. The van der Waals surface area contributed by atoms with Gasteiger partial charge in [-0.05, 0) is 56.9 Å². The van der Waals surface area contributed by atoms with Gasteiger partial charge >= 0.3 is 0 Å². The fourth-order valence-electron chi connectivity index (χ4n) is 2.81. The van der Waals surface area contributed by atoms with E-state index in [4.69, 9.17) is 0 Å². The quantitative estimate of drug-likeness (QED) is 0.896. The van der Waals surface area contributed by atoms with Gasteiger partial charge < -0.3 is 10.2 Å². The summed E-state index contributed by atoms with van der Waals surface area (Å²) < 4.78 is 0. The summed E-state index contributed by atoms with van der Waals surface area (Å²) in [6.45, 7) is 10.5. The molecule has 0 aliphatic carbocycles. The van der Waals surface area contributed by atoms with Gasteiger partial charge in [0, 0.05) is 29.3 Å². The summed E-state index contributed by atoms with van der Waals surface area (Å²) in [4.78, 5) is 26.8. The van der Waals surface area contributed by atoms with E-state index in [-0.39, 0.29) is 11.8 Å². The van der Waals surface area contributed by atoms with Gasteiger partial charge in [0.15, 0.2) is 0 Å². The number of carbonyl (C=O) groups is 2. The minimum absolute atomic E-state index is 0.0238. The molecule has 126 valence electrons. The van der Waals surface area contributed by atoms with Crippen molar-refractivity contribution in [3.05, 3.63) is 29.3 Å². The van der Waals surface area contributed by atoms with Gasteiger partial charge in [-0.1, -0.05) is 20.8 Å². The Bertz CT molecular complexity index is 602. The van der Waals surface area contributed by atoms with Crippen LogP contribution in [-0.4, -0.2) is 29.3 Å². The van der Waals surface area contributed by atoms with Crippen LogP contribution in [0.4, 0.5) is 5.69 Å². The molecule has 1 unspecified atom stereocenters. The second-order valence-corrected chi connectivity index (χ2v) is 7.58. The third kappa shape index (κ3) is 4.12. The lowest BCUT2D eigenvalue weighted by Crippen LogP contribution is -2.42. The van der Waals surface area contributed by atoms with Gasteiger partial charge in [0.25, 0.3) is 5.91 Å². The van der Waals surface area contributed by atoms with Crippen LogP contribution in [-0.2, 0) is 4.79 Å². The van der Waals surface area contributed by atoms with Crippen molar-refractivity contribution < 1.29 is 9.59 Å². The monoisotopic (exact) mass is 316 g/mol. The van der Waals surface area contributed by atoms with Gasteiger partial charge in [-0.25, -0.2) is 0 Å². The molecule has 2 amide bonds. The summed E-state index contributed by atoms with van der Waals surface area (Å²) in [5.41, 5.74) is 1.95. The van der Waals surface area contributed by atoms with Gasteiger partial charge in [-0.15, -0.1) is 0 Å². The number of nitrogens with one attached hydrogen (secondary N) is 1. The van der Waals surface area contributed by atoms with Crippen LogP contribution < -0.4 is 5.32 Å². The fraction of sp³-hybridized carbons (Fsp3) is 0.579. The van der Waals surface area contributed by atoms with Crippen molar-refractivity contribution in [1.82, 2.24) is 4.90 Å². The molecule has 1 aliphatic rings. The third-order valence-corrected chi connectivity index (χ3v) is 4.47. The molecule has 4 nitrogen and oxygen atoms in total. The molecule has 0 bridgehead atoms. The van der Waals surface area contributed by atoms with E-state index in [1.807, 2.05) is 50.8 Å². The number of nitrogens with zero attached hydrogens (tertiary/aromatic N) is 1. The van der Waals surface area contributed by atoms with Gasteiger partial charge in [-0.3, -0.25) is 9.59 Å². The molecular weight excluding hydrogens is 288 g/mol. The average molecular weight is 316 g/mol. The number of benzene rings is 1. The summed E-state index contributed by atoms with van der Waals surface area (Å²) in [5.74, 6) is 0.0679. The molecule has 0 radical (unpaired) electrons. The Balaban J connectivity index is 2.15. The molecule has 0 aromatic heterocycles. The first kappa shape index (κ1) is 17.5. The number of anilines is 1. The highest BCUT2D eigenvalue weighted by atomic mass is 16.2. The second-order valence-electron chi connectivity index (χ2n) is 7.58. The van der Waals surface area contributed by atoms with Gasteiger partial charge in [-0.2, -0.15) is 0 Å². The van der Waals surface area contributed by atoms with Crippen molar-refractivity contribution in [2.24, 2.45) is 5.41 Å². The van der Waals surface area contributed by atoms with Crippen LogP contribution in [0.15, 0.2) is 18.2 Å². The Morgan fingerprint density at radius 3 is 2.48 bits per heavy atom. The van der Waals surface area contributed by atoms with Crippen LogP contribution in [0.3, 0.4) is 0 Å². The molecule has 1 heterocycles. The first-order valence-corrected chi connectivity index (χ1v) is 8.43. The summed E-state index contributed by atoms with van der Waals surface area (Å²) in [5, 5.41) is 2.94. The molecule has 0 spiro atoms. The molecule has 1 atom stereocenters. The summed E-state index contributed by atoms with van der Waals surface area (Å²) in [7, 11) is 0. The maximum absolute atomic E-state index is 12.7. The third-order valence-electron chi connectivity index (χ3n) is 4.47. The van der Waals surface area contributed by atoms with Crippen molar-refractivity contribution in [1.29, 1.82) is 0 Å². The molecule has 1 fully saturated rings. The van der Waals surface area contributed by atoms with E-state index in [1.165, 1.54) is 6.42 Å². The number of aryl methyl sites for hydroxylation is 1. The minimum atomic E-state index is -0.440. The lowest BCUT2D eigenvalue weighted by atomic mass is 9.95. The SMILES string of the molecule is Cc1cc(C(=O)N2CCCCC2C)ccc1NC(=O)C(C)(C)C. The smallest absolute Gasteiger partial charge is 0.254 e. The number of amides is 2. The largest absolute Gasteiger partial charge is 0.336 e. The number of piperidine rings is 1. The molecule has 0 saturated carbocycles. The van der Waals surface area contributed by atoms with Crippen LogP contribution in [0.5, 0.6) is 0 Å². The highest BCUT2D eigenvalue weighted by Crippen LogP contribution is 2.24. The zero-order chi connectivity index (χ0) is 17.2. The van der Waals surface area contributed by atoms with E-state index in [1.54, 1.807) is 0 Å². The zero-order valence-corrected chi connectivity index (χ0v) is 14.9. The van der Waals surface area contributed by atoms with Gasteiger partial charge in [0.2, 0.25) is 5.91 Å². The van der Waals surface area contributed by atoms with E-state index >= 15 is 0 Å². The Hall–Kier alpha value is -1.84. The van der Waals surface area contributed by atoms with Crippen molar-refractivity contribution >= 4 is 17.5 Å². The Morgan fingerprint density at radius 1 is 1.22 bits per heavy atom. The van der Waals surface area contributed by atoms with E-state index in [2.05, 4.69) is 12.2 Å². The number of likely N-dealkylation sites (tertiary alicyclic amines) is 1. The Morgan fingerprint density at radius 2 is 1.91 bits per heavy atom. The Kier molecular flexibility index (Phi) is 5.12. The molecular formula is C19H28N2O2. The molecule has 2 rings (SSSR count). The van der Waals surface area contributed by atoms with Crippen LogP contribution in [0.25, 0.3) is 0 Å². The van der Waals surface area contributed by atoms with Crippen LogP contribution in [0, 0.1) is 12.3 Å². The van der Waals surface area contributed by atoms with Crippen molar-refractivity contribution in [2.45, 2.75) is 59.9 Å². The maximum atomic E-state index is 12.7. The number of rotatable bonds is 2. The van der Waals surface area contributed by atoms with Crippen LogP contribution in [0.1, 0.15) is 62.9 Å². The number of hydrogen-bond donors (Lipinski definition) is 1. The van der Waals surface area contributed by atoms with E-state index in [0.717, 1.165) is 30.6 Å². The predicted octanol–water partition coefficient (Wildman–Crippen LogP) is 3.99. The van der Waals surface area contributed by atoms with Gasteiger partial charge in [0.1, 0.15) is 0 Å². The summed E-state index contributed by atoms with van der Waals surface area (Å²) >= 11 is 0. The predicted molar refractivity (Wildman–Crippen MR) is 93.6 cm³/mol. The van der Waals surface area contributed by atoms with E-state index in [9.17, 15) is 9.59 Å². The van der Waals surface area contributed by atoms with Crippen LogP contribution in [0.2, 0.25) is 0 Å². The standard InChI is InChI=1S/C19H28N2O2/c1-13-12-15(17(22)21-11-7-6-8-14(21)2)9-10-16(13)20-18(23)19(3,4)5/h9-10,12,14H,6-8,11H2,1-5H3,(H,20,23). The molecule has 1 aromatic rings. The van der Waals surface area contributed by atoms with Gasteiger partial charge in [0.05, 0.1) is 0 Å². The highest BCUT2D eigenvalue weighted by molar-refractivity contribution is 5.98.